The molecule has 0 spiro atoms. The fourth-order valence-electron chi connectivity index (χ4n) is 2.08. The molecule has 0 aliphatic heterocycles. The topological polar surface area (TPSA) is 127 Å². The Kier molecular flexibility index (Phi) is 6.56. The number of benzene rings is 1. The molecule has 0 radical (unpaired) electrons. The van der Waals surface area contributed by atoms with E-state index >= 15 is 0 Å². The molecule has 140 valence electrons. The molecule has 0 aliphatic carbocycles. The van der Waals surface area contributed by atoms with E-state index in [4.69, 9.17) is 11.6 Å². The number of amides is 2. The summed E-state index contributed by atoms with van der Waals surface area (Å²) >= 11 is 5.89. The molecular formula is C17H16ClN5O4. The molecule has 2 amide bonds. The van der Waals surface area contributed by atoms with Crippen LogP contribution in [0.4, 0.5) is 11.5 Å². The van der Waals surface area contributed by atoms with Gasteiger partial charge in [0, 0.05) is 23.5 Å². The van der Waals surface area contributed by atoms with E-state index in [1.807, 2.05) is 0 Å². The van der Waals surface area contributed by atoms with Crippen molar-refractivity contribution in [3.8, 4) is 0 Å². The van der Waals surface area contributed by atoms with Gasteiger partial charge in [-0.1, -0.05) is 17.7 Å². The number of aryl methyl sites for hydroxylation is 1. The lowest BCUT2D eigenvalue weighted by atomic mass is 10.2. The van der Waals surface area contributed by atoms with Crippen LogP contribution in [0.25, 0.3) is 0 Å². The predicted molar refractivity (Wildman–Crippen MR) is 101 cm³/mol. The summed E-state index contributed by atoms with van der Waals surface area (Å²) in [4.78, 5) is 38.3. The third-order valence-electron chi connectivity index (χ3n) is 3.33. The Morgan fingerprint density at radius 2 is 2.04 bits per heavy atom. The number of anilines is 1. The number of nitrogens with one attached hydrogen (secondary N) is 2. The molecule has 0 saturated heterocycles. The van der Waals surface area contributed by atoms with E-state index in [1.165, 1.54) is 12.1 Å². The zero-order valence-electron chi connectivity index (χ0n) is 14.5. The molecule has 0 atom stereocenters. The molecule has 1 aromatic heterocycles. The van der Waals surface area contributed by atoms with Crippen molar-refractivity contribution in [2.45, 2.75) is 20.3 Å². The fraction of sp³-hybridized carbons (Fsp3) is 0.176. The zero-order valence-corrected chi connectivity index (χ0v) is 15.3. The Labute approximate surface area is 159 Å². The number of hydrazone groups is 1. The highest BCUT2D eigenvalue weighted by molar-refractivity contribution is 6.34. The molecule has 0 bridgehead atoms. The van der Waals surface area contributed by atoms with Gasteiger partial charge in [-0.15, -0.1) is 0 Å². The molecular weight excluding hydrogens is 374 g/mol. The van der Waals surface area contributed by atoms with Crippen LogP contribution in [0, 0.1) is 17.0 Å². The number of pyridine rings is 1. The van der Waals surface area contributed by atoms with E-state index in [1.54, 1.807) is 32.0 Å². The normalized spacial score (nSPS) is 11.0. The van der Waals surface area contributed by atoms with Crippen LogP contribution < -0.4 is 10.7 Å². The first kappa shape index (κ1) is 20.0. The average Bonchev–Trinajstić information content (AvgIpc) is 2.59. The summed E-state index contributed by atoms with van der Waals surface area (Å²) < 4.78 is 0. The Bertz CT molecular complexity index is 929. The van der Waals surface area contributed by atoms with Crippen molar-refractivity contribution in [1.82, 2.24) is 10.4 Å². The summed E-state index contributed by atoms with van der Waals surface area (Å²) in [6.07, 6.45) is -0.0517. The van der Waals surface area contributed by atoms with Gasteiger partial charge in [0.1, 0.15) is 5.82 Å². The maximum Gasteiger partial charge on any atom is 0.272 e. The number of carbonyl (C=O) groups excluding carboxylic acids is 2. The van der Waals surface area contributed by atoms with E-state index in [2.05, 4.69) is 20.8 Å². The Balaban J connectivity index is 1.95. The van der Waals surface area contributed by atoms with Crippen molar-refractivity contribution in [3.63, 3.8) is 0 Å². The van der Waals surface area contributed by atoms with Gasteiger partial charge in [0.25, 0.3) is 11.6 Å². The van der Waals surface area contributed by atoms with Gasteiger partial charge >= 0.3 is 0 Å². The Morgan fingerprint density at radius 3 is 2.67 bits per heavy atom. The minimum atomic E-state index is -0.644. The summed E-state index contributed by atoms with van der Waals surface area (Å²) in [5.41, 5.74) is 3.20. The number of nitro benzene ring substituents is 1. The highest BCUT2D eigenvalue weighted by Crippen LogP contribution is 2.22. The quantitative estimate of drug-likeness (QED) is 0.446. The SMILES string of the molecule is CC(CC(=O)Nc1cccc(C)n1)=NNC(=O)c1ccc([N+](=O)[O-])cc1Cl. The van der Waals surface area contributed by atoms with Crippen molar-refractivity contribution in [2.75, 3.05) is 5.32 Å². The Hall–Kier alpha value is -3.33. The van der Waals surface area contributed by atoms with Gasteiger partial charge in [0.2, 0.25) is 5.91 Å². The monoisotopic (exact) mass is 389 g/mol. The lowest BCUT2D eigenvalue weighted by molar-refractivity contribution is -0.384. The minimum absolute atomic E-state index is 0.0345. The van der Waals surface area contributed by atoms with E-state index < -0.39 is 10.8 Å². The number of hydrogen-bond acceptors (Lipinski definition) is 6. The van der Waals surface area contributed by atoms with Crippen LogP contribution in [0.1, 0.15) is 29.4 Å². The number of non-ortho nitro benzene ring substituents is 1. The number of halogens is 1. The number of hydrogen-bond donors (Lipinski definition) is 2. The van der Waals surface area contributed by atoms with E-state index in [-0.39, 0.29) is 28.6 Å². The number of nitro groups is 1. The number of nitrogens with zero attached hydrogens (tertiary/aromatic N) is 3. The standard InChI is InChI=1S/C17H16ClN5O4/c1-10-4-3-5-15(19-10)20-16(24)8-11(2)21-22-17(25)13-7-6-12(23(26)27)9-14(13)18/h3-7,9H,8H2,1-2H3,(H,22,25)(H,19,20,24). The molecule has 2 N–H and O–H groups in total. The van der Waals surface area contributed by atoms with Crippen molar-refractivity contribution >= 4 is 40.6 Å². The average molecular weight is 390 g/mol. The van der Waals surface area contributed by atoms with Crippen LogP contribution in [-0.4, -0.2) is 27.4 Å². The fourth-order valence-corrected chi connectivity index (χ4v) is 2.34. The molecule has 2 rings (SSSR count). The number of aromatic nitrogens is 1. The van der Waals surface area contributed by atoms with Crippen LogP contribution in [0.15, 0.2) is 41.5 Å². The third-order valence-corrected chi connectivity index (χ3v) is 3.64. The van der Waals surface area contributed by atoms with E-state index in [9.17, 15) is 19.7 Å². The summed E-state index contributed by atoms with van der Waals surface area (Å²) in [6.45, 7) is 3.38. The number of carbonyl (C=O) groups is 2. The summed E-state index contributed by atoms with van der Waals surface area (Å²) in [5, 5.41) is 17.1. The smallest absolute Gasteiger partial charge is 0.272 e. The maximum absolute atomic E-state index is 12.1. The van der Waals surface area contributed by atoms with E-state index in [0.717, 1.165) is 11.8 Å². The minimum Gasteiger partial charge on any atom is -0.310 e. The first-order chi connectivity index (χ1) is 12.8. The van der Waals surface area contributed by atoms with Crippen molar-refractivity contribution in [2.24, 2.45) is 5.10 Å². The largest absolute Gasteiger partial charge is 0.310 e. The molecule has 2 aromatic rings. The maximum atomic E-state index is 12.1. The van der Waals surface area contributed by atoms with Crippen molar-refractivity contribution < 1.29 is 14.5 Å². The highest BCUT2D eigenvalue weighted by Gasteiger charge is 2.15. The second kappa shape index (κ2) is 8.86. The zero-order chi connectivity index (χ0) is 20.0. The van der Waals surface area contributed by atoms with Gasteiger partial charge in [-0.05, 0) is 32.0 Å². The predicted octanol–water partition coefficient (Wildman–Crippen LogP) is 3.09. The molecule has 9 nitrogen and oxygen atoms in total. The van der Waals surface area contributed by atoms with Crippen LogP contribution in [0.5, 0.6) is 0 Å². The van der Waals surface area contributed by atoms with Crippen molar-refractivity contribution in [1.29, 1.82) is 0 Å². The second-order valence-electron chi connectivity index (χ2n) is 5.60. The second-order valence-corrected chi connectivity index (χ2v) is 6.01. The van der Waals surface area contributed by atoms with Crippen LogP contribution in [0.2, 0.25) is 5.02 Å². The van der Waals surface area contributed by atoms with Crippen LogP contribution >= 0.6 is 11.6 Å². The molecule has 10 heteroatoms. The van der Waals surface area contributed by atoms with E-state index in [0.29, 0.717) is 11.5 Å². The third kappa shape index (κ3) is 5.86. The lowest BCUT2D eigenvalue weighted by Gasteiger charge is -2.06. The Morgan fingerprint density at radius 1 is 1.30 bits per heavy atom. The lowest BCUT2D eigenvalue weighted by Crippen LogP contribution is -2.22. The van der Waals surface area contributed by atoms with Gasteiger partial charge in [-0.2, -0.15) is 5.10 Å². The first-order valence-electron chi connectivity index (χ1n) is 7.77. The van der Waals surface area contributed by atoms with Crippen molar-refractivity contribution in [3.05, 3.63) is 62.8 Å². The molecule has 0 aliphatic rings. The molecule has 1 heterocycles. The van der Waals surface area contributed by atoms with Gasteiger partial charge in [0.05, 0.1) is 21.9 Å². The van der Waals surface area contributed by atoms with Gasteiger partial charge in [-0.25, -0.2) is 10.4 Å². The molecule has 0 unspecified atom stereocenters. The molecule has 1 aromatic carbocycles. The molecule has 0 saturated carbocycles. The van der Waals surface area contributed by atoms with Gasteiger partial charge in [-0.3, -0.25) is 19.7 Å². The first-order valence-corrected chi connectivity index (χ1v) is 8.15. The number of rotatable bonds is 6. The van der Waals surface area contributed by atoms with Crippen LogP contribution in [0.3, 0.4) is 0 Å². The summed E-state index contributed by atoms with van der Waals surface area (Å²) in [7, 11) is 0. The summed E-state index contributed by atoms with van der Waals surface area (Å²) in [5.74, 6) is -0.554. The summed E-state index contributed by atoms with van der Waals surface area (Å²) in [6, 6.07) is 8.72. The molecule has 27 heavy (non-hydrogen) atoms. The van der Waals surface area contributed by atoms with Gasteiger partial charge < -0.3 is 5.32 Å². The molecule has 0 fully saturated rings. The van der Waals surface area contributed by atoms with Gasteiger partial charge in [0.15, 0.2) is 0 Å². The van der Waals surface area contributed by atoms with Crippen LogP contribution in [-0.2, 0) is 4.79 Å². The highest BCUT2D eigenvalue weighted by atomic mass is 35.5.